The van der Waals surface area contributed by atoms with E-state index >= 15 is 0 Å². The number of hydrogen-bond donors (Lipinski definition) is 2. The monoisotopic (exact) mass is 296 g/mol. The number of methoxy groups -OCH3 is 1. The molecule has 9 heteroatoms. The number of primary amides is 1. The smallest absolute Gasteiger partial charge is 0.332 e. The van der Waals surface area contributed by atoms with Crippen molar-refractivity contribution < 1.29 is 19.2 Å². The van der Waals surface area contributed by atoms with Gasteiger partial charge in [0.05, 0.1) is 24.9 Å². The number of hydrazone groups is 1. The molecule has 2 amide bonds. The molecule has 0 radical (unpaired) electrons. The minimum absolute atomic E-state index is 0.0596. The Morgan fingerprint density at radius 1 is 1.57 bits per heavy atom. The largest absolute Gasteiger partial charge is 0.493 e. The van der Waals surface area contributed by atoms with Crippen LogP contribution in [0.15, 0.2) is 17.2 Å². The Morgan fingerprint density at radius 2 is 2.29 bits per heavy atom. The second kappa shape index (κ2) is 7.68. The van der Waals surface area contributed by atoms with E-state index in [-0.39, 0.29) is 17.2 Å². The lowest BCUT2D eigenvalue weighted by Crippen LogP contribution is -2.24. The number of benzene rings is 1. The van der Waals surface area contributed by atoms with Gasteiger partial charge in [0.2, 0.25) is 5.75 Å². The number of nitro groups is 1. The van der Waals surface area contributed by atoms with Gasteiger partial charge in [-0.1, -0.05) is 6.92 Å². The molecule has 21 heavy (non-hydrogen) atoms. The van der Waals surface area contributed by atoms with Gasteiger partial charge in [-0.3, -0.25) is 10.1 Å². The number of nitro benzene ring substituents is 1. The molecule has 1 rings (SSSR count). The lowest BCUT2D eigenvalue weighted by atomic mass is 10.2. The molecule has 0 saturated carbocycles. The van der Waals surface area contributed by atoms with Crippen molar-refractivity contribution in [1.82, 2.24) is 5.43 Å². The molecule has 0 atom stereocenters. The Hall–Kier alpha value is -2.84. The summed E-state index contributed by atoms with van der Waals surface area (Å²) in [5.74, 6) is 0.266. The van der Waals surface area contributed by atoms with Gasteiger partial charge in [-0.05, 0) is 12.5 Å². The first-order valence-electron chi connectivity index (χ1n) is 6.07. The number of rotatable bonds is 7. The summed E-state index contributed by atoms with van der Waals surface area (Å²) in [6, 6.07) is 1.93. The summed E-state index contributed by atoms with van der Waals surface area (Å²) in [4.78, 5) is 21.1. The predicted octanol–water partition coefficient (Wildman–Crippen LogP) is 1.39. The Kier molecular flexibility index (Phi) is 5.93. The summed E-state index contributed by atoms with van der Waals surface area (Å²) in [6.45, 7) is 2.21. The van der Waals surface area contributed by atoms with Crippen molar-refractivity contribution in [3.63, 3.8) is 0 Å². The molecular formula is C12H16N4O5. The molecule has 114 valence electrons. The molecule has 0 aliphatic heterocycles. The van der Waals surface area contributed by atoms with Gasteiger partial charge in [0.15, 0.2) is 5.75 Å². The quantitative estimate of drug-likeness (QED) is 0.446. The number of nitrogens with two attached hydrogens (primary N) is 1. The van der Waals surface area contributed by atoms with Gasteiger partial charge >= 0.3 is 11.7 Å². The third-order valence-corrected chi connectivity index (χ3v) is 2.31. The van der Waals surface area contributed by atoms with Crippen molar-refractivity contribution in [2.75, 3.05) is 13.7 Å². The molecule has 0 aliphatic rings. The van der Waals surface area contributed by atoms with Crippen LogP contribution in [-0.4, -0.2) is 30.9 Å². The first kappa shape index (κ1) is 16.2. The van der Waals surface area contributed by atoms with Crippen LogP contribution in [-0.2, 0) is 0 Å². The Bertz CT molecular complexity index is 559. The summed E-state index contributed by atoms with van der Waals surface area (Å²) in [5, 5.41) is 14.7. The number of urea groups is 1. The average molecular weight is 296 g/mol. The molecule has 0 aliphatic carbocycles. The molecule has 0 saturated heterocycles. The fourth-order valence-electron chi connectivity index (χ4n) is 1.49. The van der Waals surface area contributed by atoms with Gasteiger partial charge in [-0.15, -0.1) is 0 Å². The van der Waals surface area contributed by atoms with Crippen LogP contribution in [0.25, 0.3) is 0 Å². The van der Waals surface area contributed by atoms with Gasteiger partial charge in [0.1, 0.15) is 0 Å². The van der Waals surface area contributed by atoms with Gasteiger partial charge < -0.3 is 15.2 Å². The Morgan fingerprint density at radius 3 is 2.81 bits per heavy atom. The number of carbonyl (C=O) groups excluding carboxylic acids is 1. The summed E-state index contributed by atoms with van der Waals surface area (Å²) in [6.07, 6.45) is 1.91. The maximum absolute atomic E-state index is 11.1. The van der Waals surface area contributed by atoms with Crippen LogP contribution in [0.1, 0.15) is 18.9 Å². The molecule has 9 nitrogen and oxygen atoms in total. The summed E-state index contributed by atoms with van der Waals surface area (Å²) in [7, 11) is 1.38. The van der Waals surface area contributed by atoms with Crippen molar-refractivity contribution in [1.29, 1.82) is 0 Å². The summed E-state index contributed by atoms with van der Waals surface area (Å²) >= 11 is 0. The van der Waals surface area contributed by atoms with E-state index in [0.717, 1.165) is 0 Å². The number of nitrogens with one attached hydrogen (secondary N) is 1. The second-order valence-corrected chi connectivity index (χ2v) is 3.91. The first-order valence-corrected chi connectivity index (χ1v) is 6.07. The molecule has 0 unspecified atom stereocenters. The number of amides is 2. The van der Waals surface area contributed by atoms with Crippen LogP contribution >= 0.6 is 0 Å². The van der Waals surface area contributed by atoms with Gasteiger partial charge in [-0.25, -0.2) is 10.2 Å². The molecule has 0 aromatic heterocycles. The lowest BCUT2D eigenvalue weighted by molar-refractivity contribution is -0.386. The van der Waals surface area contributed by atoms with E-state index in [0.29, 0.717) is 18.6 Å². The van der Waals surface area contributed by atoms with Gasteiger partial charge in [-0.2, -0.15) is 5.10 Å². The minimum Gasteiger partial charge on any atom is -0.493 e. The number of hydrogen-bond acceptors (Lipinski definition) is 6. The number of nitrogens with zero attached hydrogens (tertiary/aromatic N) is 2. The van der Waals surface area contributed by atoms with Crippen LogP contribution in [0.2, 0.25) is 0 Å². The second-order valence-electron chi connectivity index (χ2n) is 3.91. The van der Waals surface area contributed by atoms with Crippen molar-refractivity contribution in [2.45, 2.75) is 13.3 Å². The molecule has 3 N–H and O–H groups in total. The Labute approximate surface area is 120 Å². The first-order chi connectivity index (χ1) is 9.99. The van der Waals surface area contributed by atoms with Crippen LogP contribution in [0.4, 0.5) is 10.5 Å². The van der Waals surface area contributed by atoms with E-state index in [2.05, 4.69) is 5.10 Å². The van der Waals surface area contributed by atoms with Crippen LogP contribution in [0.5, 0.6) is 11.5 Å². The van der Waals surface area contributed by atoms with E-state index in [4.69, 9.17) is 15.2 Å². The molecule has 0 fully saturated rings. The van der Waals surface area contributed by atoms with Gasteiger partial charge in [0.25, 0.3) is 0 Å². The van der Waals surface area contributed by atoms with Gasteiger partial charge in [0, 0.05) is 11.6 Å². The maximum Gasteiger partial charge on any atom is 0.332 e. The molecule has 1 aromatic carbocycles. The maximum atomic E-state index is 11.1. The molecular weight excluding hydrogens is 280 g/mol. The van der Waals surface area contributed by atoms with Crippen molar-refractivity contribution in [3.8, 4) is 11.5 Å². The summed E-state index contributed by atoms with van der Waals surface area (Å²) in [5.41, 5.74) is 6.96. The fourth-order valence-corrected chi connectivity index (χ4v) is 1.49. The van der Waals surface area contributed by atoms with E-state index in [9.17, 15) is 14.9 Å². The van der Waals surface area contributed by atoms with Crippen LogP contribution in [0.3, 0.4) is 0 Å². The standard InChI is InChI=1S/C12H16N4O5/c1-3-4-21-11-9(16(18)19)5-8(6-10(11)20-2)7-14-15-12(13)17/h5-7H,3-4H2,1-2H3,(H3,13,15,17)/b14-7-. The normalized spacial score (nSPS) is 10.4. The zero-order valence-corrected chi connectivity index (χ0v) is 11.7. The highest BCUT2D eigenvalue weighted by atomic mass is 16.6. The minimum atomic E-state index is -0.837. The van der Waals surface area contributed by atoms with E-state index < -0.39 is 11.0 Å². The highest BCUT2D eigenvalue weighted by molar-refractivity contribution is 5.84. The van der Waals surface area contributed by atoms with Crippen molar-refractivity contribution in [2.24, 2.45) is 10.8 Å². The highest BCUT2D eigenvalue weighted by Crippen LogP contribution is 2.38. The third-order valence-electron chi connectivity index (χ3n) is 2.31. The van der Waals surface area contributed by atoms with E-state index in [1.54, 1.807) is 0 Å². The molecule has 0 bridgehead atoms. The molecule has 0 spiro atoms. The predicted molar refractivity (Wildman–Crippen MR) is 75.7 cm³/mol. The Balaban J connectivity index is 3.19. The SMILES string of the molecule is CCCOc1c(OC)cc(/C=N\NC(N)=O)cc1[N+](=O)[O-]. The van der Waals surface area contributed by atoms with Crippen molar-refractivity contribution >= 4 is 17.9 Å². The van der Waals surface area contributed by atoms with Crippen LogP contribution in [0, 0.1) is 10.1 Å². The third kappa shape index (κ3) is 4.64. The lowest BCUT2D eigenvalue weighted by Gasteiger charge is -2.11. The summed E-state index contributed by atoms with van der Waals surface area (Å²) < 4.78 is 10.5. The topological polar surface area (TPSA) is 129 Å². The zero-order valence-electron chi connectivity index (χ0n) is 11.7. The fraction of sp³-hybridized carbons (Fsp3) is 0.333. The molecule has 1 aromatic rings. The average Bonchev–Trinajstić information content (AvgIpc) is 2.44. The van der Waals surface area contributed by atoms with E-state index in [1.807, 2.05) is 12.3 Å². The number of carbonyl (C=O) groups is 1. The van der Waals surface area contributed by atoms with Crippen molar-refractivity contribution in [3.05, 3.63) is 27.8 Å². The zero-order chi connectivity index (χ0) is 15.8. The van der Waals surface area contributed by atoms with Crippen LogP contribution < -0.4 is 20.6 Å². The highest BCUT2D eigenvalue weighted by Gasteiger charge is 2.21. The number of ether oxygens (including phenoxy) is 2. The molecule has 0 heterocycles. The van der Waals surface area contributed by atoms with E-state index in [1.165, 1.54) is 25.5 Å².